The third-order valence-corrected chi connectivity index (χ3v) is 5.71. The highest BCUT2D eigenvalue weighted by molar-refractivity contribution is 7.23. The second-order valence-corrected chi connectivity index (χ2v) is 7.65. The monoisotopic (exact) mass is 417 g/mol. The Labute approximate surface area is 167 Å². The lowest BCUT2D eigenvalue weighted by molar-refractivity contribution is 0.415. The highest BCUT2D eigenvalue weighted by atomic mass is 35.5. The van der Waals surface area contributed by atoms with Crippen LogP contribution in [0.2, 0.25) is 4.34 Å². The standard InChI is InChI=1S/C20H13ClFNO4S/c1-27-11-5-2-9(3-6-11)14-17(25)16-15(12-7-4-10(22)8-13(12)24)18(21)28-20(16)23-19(14)26/h2-8,24H,1H3,(H2,23,25,26). The Bertz CT molecular complexity index is 1260. The molecule has 0 spiro atoms. The van der Waals surface area contributed by atoms with Crippen LogP contribution in [0.15, 0.2) is 47.3 Å². The Balaban J connectivity index is 2.03. The Morgan fingerprint density at radius 3 is 2.46 bits per heavy atom. The van der Waals surface area contributed by atoms with E-state index in [1.165, 1.54) is 19.2 Å². The van der Waals surface area contributed by atoms with Crippen molar-refractivity contribution < 1.29 is 19.3 Å². The number of H-pyrrole nitrogens is 1. The molecule has 0 aliphatic rings. The van der Waals surface area contributed by atoms with Crippen LogP contribution in [0, 0.1) is 5.82 Å². The molecule has 2 heterocycles. The normalized spacial score (nSPS) is 11.1. The molecule has 0 aliphatic heterocycles. The minimum Gasteiger partial charge on any atom is -0.507 e. The highest BCUT2D eigenvalue weighted by Crippen LogP contribution is 2.48. The largest absolute Gasteiger partial charge is 0.507 e. The van der Waals surface area contributed by atoms with E-state index in [4.69, 9.17) is 16.3 Å². The maximum absolute atomic E-state index is 13.4. The van der Waals surface area contributed by atoms with E-state index in [2.05, 4.69) is 4.98 Å². The molecule has 4 aromatic rings. The fourth-order valence-electron chi connectivity index (χ4n) is 3.10. The van der Waals surface area contributed by atoms with Gasteiger partial charge in [0, 0.05) is 17.2 Å². The smallest absolute Gasteiger partial charge is 0.260 e. The molecule has 0 saturated heterocycles. The lowest BCUT2D eigenvalue weighted by Gasteiger charge is -2.09. The van der Waals surface area contributed by atoms with Crippen LogP contribution >= 0.6 is 22.9 Å². The van der Waals surface area contributed by atoms with Crippen molar-refractivity contribution in [3.63, 3.8) is 0 Å². The van der Waals surface area contributed by atoms with Gasteiger partial charge in [-0.15, -0.1) is 11.3 Å². The number of phenolic OH excluding ortho intramolecular Hbond substituents is 1. The summed E-state index contributed by atoms with van der Waals surface area (Å²) in [5.41, 5.74) is 0.636. The summed E-state index contributed by atoms with van der Waals surface area (Å²) in [6.45, 7) is 0. The van der Waals surface area contributed by atoms with Gasteiger partial charge in [0.15, 0.2) is 0 Å². The van der Waals surface area contributed by atoms with Crippen molar-refractivity contribution in [2.24, 2.45) is 0 Å². The number of phenols is 1. The topological polar surface area (TPSA) is 82.5 Å². The molecule has 0 fully saturated rings. The fraction of sp³-hybridized carbons (Fsp3) is 0.0500. The third kappa shape index (κ3) is 2.89. The van der Waals surface area contributed by atoms with Crippen LogP contribution < -0.4 is 10.3 Å². The van der Waals surface area contributed by atoms with Gasteiger partial charge in [0.25, 0.3) is 5.56 Å². The van der Waals surface area contributed by atoms with Crippen LogP contribution in [-0.2, 0) is 0 Å². The molecular weight excluding hydrogens is 405 g/mol. The minimum absolute atomic E-state index is 0.0625. The minimum atomic E-state index is -0.603. The molecule has 0 aliphatic carbocycles. The number of aromatic amines is 1. The molecule has 5 nitrogen and oxygen atoms in total. The zero-order valence-corrected chi connectivity index (χ0v) is 16.0. The van der Waals surface area contributed by atoms with Crippen molar-refractivity contribution in [2.75, 3.05) is 7.11 Å². The molecule has 0 amide bonds. The molecule has 142 valence electrons. The molecule has 3 N–H and O–H groups in total. The summed E-state index contributed by atoms with van der Waals surface area (Å²) >= 11 is 7.39. The number of halogens is 2. The van der Waals surface area contributed by atoms with Gasteiger partial charge in [-0.25, -0.2) is 4.39 Å². The van der Waals surface area contributed by atoms with E-state index in [9.17, 15) is 19.4 Å². The first-order valence-corrected chi connectivity index (χ1v) is 9.30. The lowest BCUT2D eigenvalue weighted by atomic mass is 10.00. The number of hydrogen-bond acceptors (Lipinski definition) is 5. The van der Waals surface area contributed by atoms with Crippen LogP contribution in [0.1, 0.15) is 0 Å². The first-order valence-electron chi connectivity index (χ1n) is 8.11. The van der Waals surface area contributed by atoms with Crippen molar-refractivity contribution in [3.05, 3.63) is 63.0 Å². The Morgan fingerprint density at radius 1 is 1.11 bits per heavy atom. The highest BCUT2D eigenvalue weighted by Gasteiger charge is 2.23. The van der Waals surface area contributed by atoms with Crippen molar-refractivity contribution in [2.45, 2.75) is 0 Å². The van der Waals surface area contributed by atoms with Gasteiger partial charge in [-0.2, -0.15) is 0 Å². The summed E-state index contributed by atoms with van der Waals surface area (Å²) in [6, 6.07) is 10.2. The maximum atomic E-state index is 13.4. The summed E-state index contributed by atoms with van der Waals surface area (Å²) in [6.07, 6.45) is 0. The first kappa shape index (κ1) is 18.3. The molecular formula is C20H13ClFNO4S. The van der Waals surface area contributed by atoms with Crippen molar-refractivity contribution in [1.82, 2.24) is 4.98 Å². The Hall–Kier alpha value is -3.03. The number of ether oxygens (including phenoxy) is 1. The van der Waals surface area contributed by atoms with Gasteiger partial charge in [-0.05, 0) is 29.8 Å². The second-order valence-electron chi connectivity index (χ2n) is 6.02. The summed E-state index contributed by atoms with van der Waals surface area (Å²) < 4.78 is 18.7. The fourth-order valence-corrected chi connectivity index (χ4v) is 4.46. The molecule has 0 unspecified atom stereocenters. The summed E-state index contributed by atoms with van der Waals surface area (Å²) in [7, 11) is 1.53. The number of fused-ring (bicyclic) bond motifs is 1. The first-order chi connectivity index (χ1) is 13.4. The molecule has 0 bridgehead atoms. The molecule has 2 aromatic heterocycles. The predicted molar refractivity (Wildman–Crippen MR) is 108 cm³/mol. The van der Waals surface area contributed by atoms with E-state index in [-0.39, 0.29) is 32.3 Å². The van der Waals surface area contributed by atoms with Gasteiger partial charge in [0.05, 0.1) is 18.1 Å². The average Bonchev–Trinajstić information content (AvgIpc) is 2.98. The van der Waals surface area contributed by atoms with Crippen molar-refractivity contribution in [1.29, 1.82) is 0 Å². The van der Waals surface area contributed by atoms with Crippen LogP contribution in [0.25, 0.3) is 32.5 Å². The van der Waals surface area contributed by atoms with E-state index in [1.54, 1.807) is 24.3 Å². The third-order valence-electron chi connectivity index (χ3n) is 4.40. The molecule has 2 aromatic carbocycles. The van der Waals surface area contributed by atoms with Gasteiger partial charge >= 0.3 is 0 Å². The van der Waals surface area contributed by atoms with Crippen molar-refractivity contribution in [3.8, 4) is 39.5 Å². The number of hydrogen-bond donors (Lipinski definition) is 3. The van der Waals surface area contributed by atoms with Gasteiger partial charge < -0.3 is 19.9 Å². The molecule has 28 heavy (non-hydrogen) atoms. The van der Waals surface area contributed by atoms with E-state index < -0.39 is 11.4 Å². The molecule has 0 radical (unpaired) electrons. The zero-order valence-electron chi connectivity index (χ0n) is 14.4. The number of aromatic hydroxyl groups is 2. The summed E-state index contributed by atoms with van der Waals surface area (Å²) in [5, 5.41) is 21.4. The number of benzene rings is 2. The number of thiophene rings is 1. The molecule has 8 heteroatoms. The molecule has 4 rings (SSSR count). The zero-order chi connectivity index (χ0) is 20.0. The second kappa shape index (κ2) is 6.85. The summed E-state index contributed by atoms with van der Waals surface area (Å²) in [5.74, 6) is -0.589. The average molecular weight is 418 g/mol. The predicted octanol–water partition coefficient (Wildman–Crippen LogP) is 5.14. The van der Waals surface area contributed by atoms with E-state index in [1.807, 2.05) is 0 Å². The summed E-state index contributed by atoms with van der Waals surface area (Å²) in [4.78, 5) is 15.7. The van der Waals surface area contributed by atoms with Gasteiger partial charge in [-0.3, -0.25) is 4.79 Å². The molecule has 0 atom stereocenters. The van der Waals surface area contributed by atoms with Crippen LogP contribution in [0.5, 0.6) is 17.2 Å². The van der Waals surface area contributed by atoms with Gasteiger partial charge in [0.2, 0.25) is 0 Å². The number of methoxy groups -OCH3 is 1. The SMILES string of the molecule is COc1ccc(-c2c(O)c3c(-c4ccc(F)cc4O)c(Cl)sc3[nH]c2=O)cc1. The van der Waals surface area contributed by atoms with Gasteiger partial charge in [-0.1, -0.05) is 23.7 Å². The van der Waals surface area contributed by atoms with E-state index in [0.29, 0.717) is 21.7 Å². The van der Waals surface area contributed by atoms with E-state index >= 15 is 0 Å². The Kier molecular flexibility index (Phi) is 4.49. The maximum Gasteiger partial charge on any atom is 0.260 e. The molecule has 0 saturated carbocycles. The van der Waals surface area contributed by atoms with Crippen molar-refractivity contribution >= 4 is 33.2 Å². The number of aromatic nitrogens is 1. The number of rotatable bonds is 3. The number of nitrogens with one attached hydrogen (secondary N) is 1. The van der Waals surface area contributed by atoms with Crippen LogP contribution in [0.3, 0.4) is 0 Å². The van der Waals surface area contributed by atoms with Crippen LogP contribution in [0.4, 0.5) is 4.39 Å². The number of pyridine rings is 1. The van der Waals surface area contributed by atoms with Crippen LogP contribution in [-0.4, -0.2) is 22.3 Å². The Morgan fingerprint density at radius 2 is 1.82 bits per heavy atom. The quantitative estimate of drug-likeness (QED) is 0.431. The van der Waals surface area contributed by atoms with E-state index in [0.717, 1.165) is 17.4 Å². The van der Waals surface area contributed by atoms with Gasteiger partial charge in [0.1, 0.15) is 32.2 Å². The lowest BCUT2D eigenvalue weighted by Crippen LogP contribution is -2.08.